The average molecular weight is 375 g/mol. The van der Waals surface area contributed by atoms with Crippen molar-refractivity contribution in [3.8, 4) is 11.5 Å². The van der Waals surface area contributed by atoms with Crippen LogP contribution in [0.25, 0.3) is 0 Å². The van der Waals surface area contributed by atoms with Crippen LogP contribution in [0.2, 0.25) is 0 Å². The molecule has 27 heavy (non-hydrogen) atoms. The molecule has 6 heteroatoms. The van der Waals surface area contributed by atoms with E-state index in [0.29, 0.717) is 24.5 Å². The lowest BCUT2D eigenvalue weighted by Gasteiger charge is -2.21. The van der Waals surface area contributed by atoms with Crippen molar-refractivity contribution in [3.05, 3.63) is 23.8 Å². The fourth-order valence-corrected chi connectivity index (χ4v) is 3.70. The van der Waals surface area contributed by atoms with Gasteiger partial charge in [0, 0.05) is 13.0 Å². The molecular formula is C21H29NO5. The summed E-state index contributed by atoms with van der Waals surface area (Å²) in [5, 5.41) is 2.79. The van der Waals surface area contributed by atoms with Gasteiger partial charge in [0.1, 0.15) is 0 Å². The lowest BCUT2D eigenvalue weighted by atomic mass is 9.86. The first-order valence-corrected chi connectivity index (χ1v) is 9.97. The van der Waals surface area contributed by atoms with Gasteiger partial charge < -0.3 is 19.5 Å². The summed E-state index contributed by atoms with van der Waals surface area (Å²) in [6.07, 6.45) is 8.07. The maximum atomic E-state index is 12.2. The molecule has 0 bridgehead atoms. The topological polar surface area (TPSA) is 73.9 Å². The molecule has 1 aromatic carbocycles. The fraction of sp³-hybridized carbons (Fsp3) is 0.619. The molecule has 0 aromatic heterocycles. The van der Waals surface area contributed by atoms with E-state index in [1.165, 1.54) is 32.1 Å². The Morgan fingerprint density at radius 2 is 1.96 bits per heavy atom. The van der Waals surface area contributed by atoms with Crippen LogP contribution in [0.4, 0.5) is 0 Å². The number of carbonyl (C=O) groups is 2. The van der Waals surface area contributed by atoms with Crippen molar-refractivity contribution in [1.82, 2.24) is 5.32 Å². The molecule has 0 spiro atoms. The summed E-state index contributed by atoms with van der Waals surface area (Å²) in [6, 6.07) is 5.53. The molecule has 1 fully saturated rings. The quantitative estimate of drug-likeness (QED) is 0.701. The van der Waals surface area contributed by atoms with Gasteiger partial charge in [0.15, 0.2) is 17.6 Å². The molecule has 1 N–H and O–H groups in total. The number of fused-ring (bicyclic) bond motifs is 1. The van der Waals surface area contributed by atoms with Crippen molar-refractivity contribution in [2.75, 3.05) is 6.79 Å². The number of ether oxygens (including phenoxy) is 3. The predicted molar refractivity (Wildman–Crippen MR) is 100 cm³/mol. The van der Waals surface area contributed by atoms with E-state index < -0.39 is 6.10 Å². The molecule has 0 saturated heterocycles. The lowest BCUT2D eigenvalue weighted by Crippen LogP contribution is -2.35. The molecule has 1 aromatic rings. The summed E-state index contributed by atoms with van der Waals surface area (Å²) in [6.45, 7) is 2.17. The second-order valence-corrected chi connectivity index (χ2v) is 7.43. The molecule has 1 saturated carbocycles. The van der Waals surface area contributed by atoms with Crippen LogP contribution in [0.3, 0.4) is 0 Å². The van der Waals surface area contributed by atoms with E-state index in [9.17, 15) is 9.59 Å². The molecular weight excluding hydrogens is 346 g/mol. The van der Waals surface area contributed by atoms with Crippen molar-refractivity contribution in [2.24, 2.45) is 5.92 Å². The number of carbonyl (C=O) groups excluding carboxylic acids is 2. The third-order valence-electron chi connectivity index (χ3n) is 5.30. The molecule has 3 rings (SSSR count). The van der Waals surface area contributed by atoms with Crippen molar-refractivity contribution in [2.45, 2.75) is 70.9 Å². The summed E-state index contributed by atoms with van der Waals surface area (Å²) in [4.78, 5) is 24.1. The van der Waals surface area contributed by atoms with E-state index in [2.05, 4.69) is 5.32 Å². The highest BCUT2D eigenvalue weighted by atomic mass is 16.7. The second-order valence-electron chi connectivity index (χ2n) is 7.43. The molecule has 148 valence electrons. The zero-order chi connectivity index (χ0) is 19.1. The van der Waals surface area contributed by atoms with Gasteiger partial charge in [-0.1, -0.05) is 38.2 Å². The summed E-state index contributed by atoms with van der Waals surface area (Å²) in [7, 11) is 0. The molecule has 1 atom stereocenters. The Kier molecular flexibility index (Phi) is 6.96. The molecule has 0 unspecified atom stereocenters. The Morgan fingerprint density at radius 1 is 1.19 bits per heavy atom. The van der Waals surface area contributed by atoms with Gasteiger partial charge in [-0.25, -0.2) is 0 Å². The Labute approximate surface area is 160 Å². The highest BCUT2D eigenvalue weighted by molar-refractivity contribution is 5.83. The normalized spacial score (nSPS) is 17.4. The van der Waals surface area contributed by atoms with Gasteiger partial charge in [-0.05, 0) is 43.4 Å². The number of esters is 1. The van der Waals surface area contributed by atoms with Crippen LogP contribution in [-0.4, -0.2) is 24.8 Å². The van der Waals surface area contributed by atoms with Crippen molar-refractivity contribution < 1.29 is 23.8 Å². The Balaban J connectivity index is 1.33. The van der Waals surface area contributed by atoms with Gasteiger partial charge in [-0.3, -0.25) is 9.59 Å². The van der Waals surface area contributed by atoms with Gasteiger partial charge in [-0.2, -0.15) is 0 Å². The minimum absolute atomic E-state index is 0.221. The van der Waals surface area contributed by atoms with Gasteiger partial charge in [0.25, 0.3) is 5.91 Å². The molecule has 1 aliphatic heterocycles. The molecule has 0 radical (unpaired) electrons. The summed E-state index contributed by atoms with van der Waals surface area (Å²) >= 11 is 0. The lowest BCUT2D eigenvalue weighted by molar-refractivity contribution is -0.155. The van der Waals surface area contributed by atoms with E-state index in [4.69, 9.17) is 14.2 Å². The summed E-state index contributed by atoms with van der Waals surface area (Å²) in [5.41, 5.74) is 0.901. The van der Waals surface area contributed by atoms with E-state index in [0.717, 1.165) is 24.3 Å². The van der Waals surface area contributed by atoms with Gasteiger partial charge in [0.05, 0.1) is 0 Å². The van der Waals surface area contributed by atoms with E-state index >= 15 is 0 Å². The van der Waals surface area contributed by atoms with Crippen LogP contribution < -0.4 is 14.8 Å². The Hall–Kier alpha value is -2.24. The van der Waals surface area contributed by atoms with Crippen molar-refractivity contribution in [3.63, 3.8) is 0 Å². The van der Waals surface area contributed by atoms with Crippen molar-refractivity contribution >= 4 is 11.9 Å². The minimum Gasteiger partial charge on any atom is -0.454 e. The standard InChI is InChI=1S/C21H29NO5/c1-15(27-20(23)9-5-8-16-6-3-2-4-7-16)21(24)22-13-17-10-11-18-19(12-17)26-14-25-18/h10-12,15-16H,2-9,13-14H2,1H3,(H,22,24)/t15-/m0/s1. The molecule has 2 aliphatic rings. The number of amides is 1. The van der Waals surface area contributed by atoms with Crippen LogP contribution in [0.5, 0.6) is 11.5 Å². The summed E-state index contributed by atoms with van der Waals surface area (Å²) in [5.74, 6) is 1.55. The van der Waals surface area contributed by atoms with E-state index in [1.807, 2.05) is 18.2 Å². The average Bonchev–Trinajstić information content (AvgIpc) is 3.14. The highest BCUT2D eigenvalue weighted by Crippen LogP contribution is 2.32. The maximum Gasteiger partial charge on any atom is 0.306 e. The SMILES string of the molecule is C[C@H](OC(=O)CCCC1CCCCC1)C(=O)NCc1ccc2c(c1)OCO2. The van der Waals surface area contributed by atoms with E-state index in [-0.39, 0.29) is 18.7 Å². The smallest absolute Gasteiger partial charge is 0.306 e. The number of nitrogens with one attached hydrogen (secondary N) is 1. The van der Waals surface area contributed by atoms with Gasteiger partial charge >= 0.3 is 5.97 Å². The Morgan fingerprint density at radius 3 is 2.78 bits per heavy atom. The number of rotatable bonds is 8. The van der Waals surface area contributed by atoms with Crippen LogP contribution in [0.15, 0.2) is 18.2 Å². The first-order valence-electron chi connectivity index (χ1n) is 9.97. The van der Waals surface area contributed by atoms with Crippen LogP contribution >= 0.6 is 0 Å². The maximum absolute atomic E-state index is 12.2. The monoisotopic (exact) mass is 375 g/mol. The van der Waals surface area contributed by atoms with Crippen LogP contribution in [-0.2, 0) is 20.9 Å². The number of hydrogen-bond donors (Lipinski definition) is 1. The number of hydrogen-bond acceptors (Lipinski definition) is 5. The molecule has 1 heterocycles. The predicted octanol–water partition coefficient (Wildman–Crippen LogP) is 3.71. The third-order valence-corrected chi connectivity index (χ3v) is 5.30. The van der Waals surface area contributed by atoms with Crippen molar-refractivity contribution in [1.29, 1.82) is 0 Å². The van der Waals surface area contributed by atoms with Crippen LogP contribution in [0.1, 0.15) is 63.9 Å². The highest BCUT2D eigenvalue weighted by Gasteiger charge is 2.19. The van der Waals surface area contributed by atoms with Crippen LogP contribution in [0, 0.1) is 5.92 Å². The van der Waals surface area contributed by atoms with Gasteiger partial charge in [-0.15, -0.1) is 0 Å². The second kappa shape index (κ2) is 9.62. The first kappa shape index (κ1) is 19.5. The molecule has 1 amide bonds. The largest absolute Gasteiger partial charge is 0.454 e. The van der Waals surface area contributed by atoms with Gasteiger partial charge in [0.2, 0.25) is 6.79 Å². The number of benzene rings is 1. The zero-order valence-electron chi connectivity index (χ0n) is 16.0. The molecule has 6 nitrogen and oxygen atoms in total. The Bertz CT molecular complexity index is 654. The fourth-order valence-electron chi connectivity index (χ4n) is 3.70. The molecule has 1 aliphatic carbocycles. The minimum atomic E-state index is -0.791. The first-order chi connectivity index (χ1) is 13.1. The third kappa shape index (κ3) is 5.88. The summed E-state index contributed by atoms with van der Waals surface area (Å²) < 4.78 is 15.9. The van der Waals surface area contributed by atoms with E-state index in [1.54, 1.807) is 6.92 Å². The zero-order valence-corrected chi connectivity index (χ0v) is 16.0.